The summed E-state index contributed by atoms with van der Waals surface area (Å²) in [7, 11) is 0. The number of aryl methyl sites for hydroxylation is 1. The Labute approximate surface area is 133 Å². The molecule has 122 valence electrons. The minimum Gasteiger partial charge on any atom is -0.480 e. The van der Waals surface area contributed by atoms with Crippen molar-refractivity contribution in [1.82, 2.24) is 15.5 Å². The molecular formula is C16H19N3O4. The zero-order valence-electron chi connectivity index (χ0n) is 13.2. The monoisotopic (exact) mass is 317 g/mol. The van der Waals surface area contributed by atoms with Crippen molar-refractivity contribution in [2.75, 3.05) is 0 Å². The molecule has 0 spiro atoms. The molecule has 1 amide bonds. The van der Waals surface area contributed by atoms with Crippen LogP contribution in [0.1, 0.15) is 36.4 Å². The molecule has 23 heavy (non-hydrogen) atoms. The average Bonchev–Trinajstić information content (AvgIpc) is 2.88. The van der Waals surface area contributed by atoms with Gasteiger partial charge in [-0.1, -0.05) is 25.1 Å². The molecule has 2 rings (SSSR count). The van der Waals surface area contributed by atoms with E-state index in [0.29, 0.717) is 23.6 Å². The molecule has 2 N–H and O–H groups in total. The number of hydrogen-bond acceptors (Lipinski definition) is 5. The van der Waals surface area contributed by atoms with Crippen molar-refractivity contribution in [3.63, 3.8) is 0 Å². The van der Waals surface area contributed by atoms with Crippen molar-refractivity contribution in [2.45, 2.75) is 33.2 Å². The molecule has 7 nitrogen and oxygen atoms in total. The Balaban J connectivity index is 2.29. The van der Waals surface area contributed by atoms with Gasteiger partial charge in [0.25, 0.3) is 5.91 Å². The maximum atomic E-state index is 12.5. The number of pyridine rings is 1. The Morgan fingerprint density at radius 1 is 1.35 bits per heavy atom. The van der Waals surface area contributed by atoms with Crippen LogP contribution in [0.5, 0.6) is 0 Å². The largest absolute Gasteiger partial charge is 0.480 e. The first-order chi connectivity index (χ1) is 10.9. The molecule has 2 aromatic rings. The van der Waals surface area contributed by atoms with Crippen LogP contribution >= 0.6 is 0 Å². The van der Waals surface area contributed by atoms with Gasteiger partial charge in [-0.2, -0.15) is 0 Å². The van der Waals surface area contributed by atoms with E-state index in [1.165, 1.54) is 0 Å². The summed E-state index contributed by atoms with van der Waals surface area (Å²) < 4.78 is 5.10. The predicted octanol–water partition coefficient (Wildman–Crippen LogP) is 2.27. The quantitative estimate of drug-likeness (QED) is 0.846. The highest BCUT2D eigenvalue weighted by Gasteiger charge is 2.27. The molecular weight excluding hydrogens is 298 g/mol. The van der Waals surface area contributed by atoms with E-state index < -0.39 is 17.9 Å². The lowest BCUT2D eigenvalue weighted by atomic mass is 10.0. The Bertz CT molecular complexity index is 695. The van der Waals surface area contributed by atoms with Crippen molar-refractivity contribution >= 4 is 11.9 Å². The van der Waals surface area contributed by atoms with Gasteiger partial charge in [0.15, 0.2) is 0 Å². The van der Waals surface area contributed by atoms with E-state index >= 15 is 0 Å². The van der Waals surface area contributed by atoms with Gasteiger partial charge >= 0.3 is 5.97 Å². The lowest BCUT2D eigenvalue weighted by Gasteiger charge is -2.16. The van der Waals surface area contributed by atoms with Gasteiger partial charge in [0, 0.05) is 6.20 Å². The molecule has 2 aromatic heterocycles. The summed E-state index contributed by atoms with van der Waals surface area (Å²) in [5.74, 6) is -1.15. The van der Waals surface area contributed by atoms with E-state index in [9.17, 15) is 14.7 Å². The Morgan fingerprint density at radius 3 is 2.65 bits per heavy atom. The number of carbonyl (C=O) groups is 2. The number of carbonyl (C=O) groups excluding carboxylic acids is 1. The second-order valence-corrected chi connectivity index (χ2v) is 5.67. The van der Waals surface area contributed by atoms with Crippen LogP contribution < -0.4 is 5.32 Å². The summed E-state index contributed by atoms with van der Waals surface area (Å²) in [6.07, 6.45) is 1.92. The van der Waals surface area contributed by atoms with E-state index in [0.717, 1.165) is 0 Å². The van der Waals surface area contributed by atoms with Crippen LogP contribution in [-0.4, -0.2) is 33.2 Å². The fourth-order valence-corrected chi connectivity index (χ4v) is 2.24. The molecule has 0 saturated carbocycles. The van der Waals surface area contributed by atoms with Gasteiger partial charge < -0.3 is 14.9 Å². The highest BCUT2D eigenvalue weighted by molar-refractivity contribution is 6.01. The van der Waals surface area contributed by atoms with Crippen molar-refractivity contribution < 1.29 is 19.2 Å². The van der Waals surface area contributed by atoms with Crippen molar-refractivity contribution in [3.8, 4) is 11.4 Å². The number of nitrogens with zero attached hydrogens (tertiary/aromatic N) is 2. The number of aliphatic carboxylic acids is 1. The zero-order chi connectivity index (χ0) is 17.0. The second kappa shape index (κ2) is 7.04. The van der Waals surface area contributed by atoms with Gasteiger partial charge in [0.05, 0.1) is 5.69 Å². The highest BCUT2D eigenvalue weighted by atomic mass is 16.5. The zero-order valence-corrected chi connectivity index (χ0v) is 13.2. The first-order valence-corrected chi connectivity index (χ1v) is 7.31. The summed E-state index contributed by atoms with van der Waals surface area (Å²) in [6, 6.07) is 4.26. The second-order valence-electron chi connectivity index (χ2n) is 5.67. The normalized spacial score (nSPS) is 12.2. The lowest BCUT2D eigenvalue weighted by molar-refractivity contribution is -0.139. The molecule has 0 fully saturated rings. The maximum Gasteiger partial charge on any atom is 0.326 e. The summed E-state index contributed by atoms with van der Waals surface area (Å²) in [5, 5.41) is 15.7. The minimum absolute atomic E-state index is 0.134. The van der Waals surface area contributed by atoms with E-state index in [4.69, 9.17) is 4.52 Å². The van der Waals surface area contributed by atoms with Crippen molar-refractivity contribution in [2.24, 2.45) is 5.92 Å². The number of carboxylic acids is 1. The van der Waals surface area contributed by atoms with E-state index in [-0.39, 0.29) is 11.5 Å². The molecule has 0 radical (unpaired) electrons. The van der Waals surface area contributed by atoms with Gasteiger partial charge in [-0.05, 0) is 31.4 Å². The molecule has 2 heterocycles. The number of rotatable bonds is 6. The van der Waals surface area contributed by atoms with Crippen LogP contribution in [0.15, 0.2) is 28.9 Å². The van der Waals surface area contributed by atoms with Gasteiger partial charge in [0.1, 0.15) is 23.1 Å². The third-order valence-electron chi connectivity index (χ3n) is 3.31. The van der Waals surface area contributed by atoms with Crippen molar-refractivity contribution in [1.29, 1.82) is 0 Å². The first kappa shape index (κ1) is 16.7. The number of nitrogens with one attached hydrogen (secondary N) is 1. The lowest BCUT2D eigenvalue weighted by Crippen LogP contribution is -2.41. The standard InChI is InChI=1S/C16H19N3O4/c1-9(2)8-12(16(21)22)18-15(20)13-10(3)23-19-14(13)11-6-4-5-7-17-11/h4-7,9,12H,8H2,1-3H3,(H,18,20)(H,21,22)/t12-/m1/s1. The SMILES string of the molecule is Cc1onc(-c2ccccn2)c1C(=O)N[C@H](CC(C)C)C(=O)O. The van der Waals surface area contributed by atoms with Crippen LogP contribution in [0.4, 0.5) is 0 Å². The van der Waals surface area contributed by atoms with Gasteiger partial charge in [-0.15, -0.1) is 0 Å². The van der Waals surface area contributed by atoms with Gasteiger partial charge in [-0.25, -0.2) is 4.79 Å². The van der Waals surface area contributed by atoms with Crippen LogP contribution in [-0.2, 0) is 4.79 Å². The number of carboxylic acid groups (broad SMARTS) is 1. The van der Waals surface area contributed by atoms with Crippen molar-refractivity contribution in [3.05, 3.63) is 35.7 Å². The molecule has 0 aliphatic rings. The number of hydrogen-bond donors (Lipinski definition) is 2. The smallest absolute Gasteiger partial charge is 0.326 e. The predicted molar refractivity (Wildman–Crippen MR) is 82.8 cm³/mol. The van der Waals surface area contributed by atoms with Gasteiger partial charge in [-0.3, -0.25) is 9.78 Å². The molecule has 0 saturated heterocycles. The Hall–Kier alpha value is -2.70. The molecule has 7 heteroatoms. The summed E-state index contributed by atoms with van der Waals surface area (Å²) in [4.78, 5) is 28.0. The van der Waals surface area contributed by atoms with Gasteiger partial charge in [0.2, 0.25) is 0 Å². The molecule has 0 unspecified atom stereocenters. The molecule has 0 aliphatic carbocycles. The van der Waals surface area contributed by atoms with Crippen LogP contribution in [0.3, 0.4) is 0 Å². The Kier molecular flexibility index (Phi) is 5.10. The topological polar surface area (TPSA) is 105 Å². The summed E-state index contributed by atoms with van der Waals surface area (Å²) in [6.45, 7) is 5.39. The van der Waals surface area contributed by atoms with E-state index in [2.05, 4.69) is 15.5 Å². The summed E-state index contributed by atoms with van der Waals surface area (Å²) in [5.41, 5.74) is 0.998. The first-order valence-electron chi connectivity index (χ1n) is 7.31. The van der Waals surface area contributed by atoms with E-state index in [1.807, 2.05) is 13.8 Å². The minimum atomic E-state index is -1.07. The molecule has 0 aromatic carbocycles. The van der Waals surface area contributed by atoms with Crippen LogP contribution in [0.25, 0.3) is 11.4 Å². The van der Waals surface area contributed by atoms with Crippen LogP contribution in [0.2, 0.25) is 0 Å². The number of aromatic nitrogens is 2. The highest BCUT2D eigenvalue weighted by Crippen LogP contribution is 2.23. The number of amides is 1. The molecule has 0 bridgehead atoms. The third-order valence-corrected chi connectivity index (χ3v) is 3.31. The molecule has 0 aliphatic heterocycles. The molecule has 1 atom stereocenters. The van der Waals surface area contributed by atoms with E-state index in [1.54, 1.807) is 31.3 Å². The maximum absolute atomic E-state index is 12.5. The van der Waals surface area contributed by atoms with Crippen LogP contribution in [0, 0.1) is 12.8 Å². The fourth-order valence-electron chi connectivity index (χ4n) is 2.24. The average molecular weight is 317 g/mol. The fraction of sp³-hybridized carbons (Fsp3) is 0.375. The summed E-state index contributed by atoms with van der Waals surface area (Å²) >= 11 is 0. The Morgan fingerprint density at radius 2 is 2.09 bits per heavy atom. The third kappa shape index (κ3) is 3.94.